The average molecular weight is 212 g/mol. The molecule has 74 valence electrons. The van der Waals surface area contributed by atoms with E-state index in [1.807, 2.05) is 0 Å². The van der Waals surface area contributed by atoms with Crippen LogP contribution in [0.3, 0.4) is 0 Å². The van der Waals surface area contributed by atoms with Gasteiger partial charge in [0.1, 0.15) is 11.8 Å². The van der Waals surface area contributed by atoms with Crippen LogP contribution in [0.2, 0.25) is 0 Å². The highest BCUT2D eigenvalue weighted by molar-refractivity contribution is 7.80. The molecule has 1 rings (SSSR count). The van der Waals surface area contributed by atoms with E-state index >= 15 is 0 Å². The third kappa shape index (κ3) is 1.72. The molecule has 5 nitrogen and oxygen atoms in total. The molecule has 0 aromatic heterocycles. The Morgan fingerprint density at radius 2 is 2.43 bits per heavy atom. The van der Waals surface area contributed by atoms with Gasteiger partial charge in [-0.1, -0.05) is 12.2 Å². The lowest BCUT2D eigenvalue weighted by Crippen LogP contribution is -2.27. The van der Waals surface area contributed by atoms with Gasteiger partial charge in [-0.05, 0) is 6.92 Å². The van der Waals surface area contributed by atoms with Crippen molar-refractivity contribution in [3.05, 3.63) is 0 Å². The lowest BCUT2D eigenvalue weighted by molar-refractivity contribution is -0.147. The molecule has 0 bridgehead atoms. The molecular formula is C8H8N2O3S. The first-order valence-corrected chi connectivity index (χ1v) is 4.43. The molecular weight excluding hydrogens is 204 g/mol. The number of nitriles is 1. The lowest BCUT2D eigenvalue weighted by atomic mass is 9.97. The van der Waals surface area contributed by atoms with Gasteiger partial charge >= 0.3 is 5.97 Å². The van der Waals surface area contributed by atoms with Crippen molar-refractivity contribution in [3.63, 3.8) is 0 Å². The molecule has 1 amide bonds. The van der Waals surface area contributed by atoms with Crippen LogP contribution in [0.25, 0.3) is 0 Å². The molecule has 0 aromatic carbocycles. The van der Waals surface area contributed by atoms with Crippen LogP contribution in [0.1, 0.15) is 6.92 Å². The Labute approximate surface area is 86.0 Å². The summed E-state index contributed by atoms with van der Waals surface area (Å²) >= 11 is 4.77. The molecule has 1 fully saturated rings. The average Bonchev–Trinajstić information content (AvgIpc) is 2.40. The summed E-state index contributed by atoms with van der Waals surface area (Å²) in [6.07, 6.45) is 0. The number of carbonyl (C=O) groups excluding carboxylic acids is 2. The van der Waals surface area contributed by atoms with Crippen LogP contribution in [-0.2, 0) is 14.3 Å². The Balaban J connectivity index is 2.86. The zero-order valence-corrected chi connectivity index (χ0v) is 8.26. The number of nitrogens with one attached hydrogen (secondary N) is 1. The summed E-state index contributed by atoms with van der Waals surface area (Å²) in [5.74, 6) is -3.15. The number of amides is 1. The van der Waals surface area contributed by atoms with Gasteiger partial charge < -0.3 is 10.1 Å². The molecule has 0 radical (unpaired) electrons. The number of nitrogens with zero attached hydrogens (tertiary/aromatic N) is 1. The fourth-order valence-corrected chi connectivity index (χ4v) is 1.52. The molecule has 0 aromatic rings. The van der Waals surface area contributed by atoms with E-state index in [4.69, 9.17) is 22.2 Å². The molecule has 1 N–H and O–H groups in total. The highest BCUT2D eigenvalue weighted by Gasteiger charge is 2.44. The maximum atomic E-state index is 11.3. The fraction of sp³-hybridized carbons (Fsp3) is 0.500. The quantitative estimate of drug-likeness (QED) is 0.505. The van der Waals surface area contributed by atoms with E-state index in [-0.39, 0.29) is 11.6 Å². The maximum absolute atomic E-state index is 11.3. The van der Waals surface area contributed by atoms with Gasteiger partial charge in [0.25, 0.3) is 0 Å². The second-order valence-corrected chi connectivity index (χ2v) is 3.13. The molecule has 0 spiro atoms. The number of ether oxygens (including phenoxy) is 1. The van der Waals surface area contributed by atoms with Gasteiger partial charge in [0.15, 0.2) is 0 Å². The summed E-state index contributed by atoms with van der Waals surface area (Å²) in [4.78, 5) is 22.5. The normalized spacial score (nSPS) is 25.4. The molecule has 1 saturated heterocycles. The molecule has 2 atom stereocenters. The van der Waals surface area contributed by atoms with Crippen molar-refractivity contribution in [2.24, 2.45) is 11.8 Å². The molecule has 6 heteroatoms. The monoisotopic (exact) mass is 212 g/mol. The summed E-state index contributed by atoms with van der Waals surface area (Å²) in [6, 6.07) is 1.73. The zero-order valence-electron chi connectivity index (χ0n) is 7.44. The van der Waals surface area contributed by atoms with Gasteiger partial charge in [-0.25, -0.2) is 0 Å². The first-order chi connectivity index (χ1) is 6.61. The topological polar surface area (TPSA) is 79.2 Å². The van der Waals surface area contributed by atoms with Crippen LogP contribution in [0.5, 0.6) is 0 Å². The minimum absolute atomic E-state index is 0.0694. The van der Waals surface area contributed by atoms with E-state index in [2.05, 4.69) is 5.32 Å². The number of hydrogen-bond donors (Lipinski definition) is 1. The molecule has 1 aliphatic rings. The van der Waals surface area contributed by atoms with Crippen molar-refractivity contribution in [1.29, 1.82) is 5.26 Å². The van der Waals surface area contributed by atoms with E-state index in [0.29, 0.717) is 0 Å². The fourth-order valence-electron chi connectivity index (χ4n) is 1.19. The van der Waals surface area contributed by atoms with Crippen LogP contribution < -0.4 is 5.32 Å². The SMILES string of the molecule is CCOC(=O)[C@@H]1C(=S)NC(=O)[C@H]1C#N. The first-order valence-electron chi connectivity index (χ1n) is 4.02. The van der Waals surface area contributed by atoms with Crippen molar-refractivity contribution < 1.29 is 14.3 Å². The van der Waals surface area contributed by atoms with E-state index in [0.717, 1.165) is 0 Å². The van der Waals surface area contributed by atoms with Gasteiger partial charge in [-0.3, -0.25) is 9.59 Å². The molecule has 0 unspecified atom stereocenters. The number of rotatable bonds is 2. The van der Waals surface area contributed by atoms with Crippen LogP contribution in [0.4, 0.5) is 0 Å². The Kier molecular flexibility index (Phi) is 3.14. The van der Waals surface area contributed by atoms with Crippen molar-refractivity contribution in [2.45, 2.75) is 6.92 Å². The number of hydrogen-bond acceptors (Lipinski definition) is 5. The Bertz CT molecular complexity index is 334. The van der Waals surface area contributed by atoms with Crippen molar-refractivity contribution in [1.82, 2.24) is 5.32 Å². The first kappa shape index (κ1) is 10.6. The van der Waals surface area contributed by atoms with Gasteiger partial charge in [0.2, 0.25) is 5.91 Å². The second-order valence-electron chi connectivity index (χ2n) is 2.69. The van der Waals surface area contributed by atoms with Crippen LogP contribution in [0.15, 0.2) is 0 Å². The predicted molar refractivity (Wildman–Crippen MR) is 50.0 cm³/mol. The van der Waals surface area contributed by atoms with E-state index in [1.54, 1.807) is 13.0 Å². The van der Waals surface area contributed by atoms with E-state index in [1.165, 1.54) is 0 Å². The van der Waals surface area contributed by atoms with Crippen molar-refractivity contribution in [3.8, 4) is 6.07 Å². The Hall–Kier alpha value is -1.48. The third-order valence-electron chi connectivity index (χ3n) is 1.82. The second kappa shape index (κ2) is 4.15. The largest absolute Gasteiger partial charge is 0.465 e. The van der Waals surface area contributed by atoms with Gasteiger partial charge in [-0.15, -0.1) is 0 Å². The minimum Gasteiger partial charge on any atom is -0.465 e. The summed E-state index contributed by atoms with van der Waals surface area (Å²) in [6.45, 7) is 1.84. The highest BCUT2D eigenvalue weighted by atomic mass is 32.1. The molecule has 1 aliphatic heterocycles. The lowest BCUT2D eigenvalue weighted by Gasteiger charge is -2.08. The smallest absolute Gasteiger partial charge is 0.317 e. The summed E-state index contributed by atoms with van der Waals surface area (Å²) in [5.41, 5.74) is 0. The summed E-state index contributed by atoms with van der Waals surface area (Å²) in [5, 5.41) is 10.9. The zero-order chi connectivity index (χ0) is 10.7. The third-order valence-corrected chi connectivity index (χ3v) is 2.18. The summed E-state index contributed by atoms with van der Waals surface area (Å²) in [7, 11) is 0. The van der Waals surface area contributed by atoms with Gasteiger partial charge in [0, 0.05) is 0 Å². The molecule has 0 aliphatic carbocycles. The van der Waals surface area contributed by atoms with Crippen LogP contribution in [0, 0.1) is 23.2 Å². The molecule has 14 heavy (non-hydrogen) atoms. The Morgan fingerprint density at radius 1 is 1.79 bits per heavy atom. The summed E-state index contributed by atoms with van der Waals surface area (Å²) < 4.78 is 4.71. The van der Waals surface area contributed by atoms with Crippen LogP contribution >= 0.6 is 12.2 Å². The number of esters is 1. The Morgan fingerprint density at radius 3 is 2.93 bits per heavy atom. The standard InChI is InChI=1S/C8H8N2O3S/c1-2-13-8(12)5-4(3-9)6(11)10-7(5)14/h4-5H,2H2,1H3,(H,10,11,14)/t4-,5-/m0/s1. The van der Waals surface area contributed by atoms with Crippen molar-refractivity contribution >= 4 is 29.1 Å². The maximum Gasteiger partial charge on any atom is 0.317 e. The highest BCUT2D eigenvalue weighted by Crippen LogP contribution is 2.21. The number of thiocarbonyl (C=S) groups is 1. The molecule has 0 saturated carbocycles. The van der Waals surface area contributed by atoms with Gasteiger partial charge in [-0.2, -0.15) is 5.26 Å². The van der Waals surface area contributed by atoms with E-state index in [9.17, 15) is 9.59 Å². The van der Waals surface area contributed by atoms with E-state index < -0.39 is 23.7 Å². The van der Waals surface area contributed by atoms with Crippen molar-refractivity contribution in [2.75, 3.05) is 6.61 Å². The number of carbonyl (C=O) groups is 2. The molecule has 1 heterocycles. The van der Waals surface area contributed by atoms with Crippen LogP contribution in [-0.4, -0.2) is 23.5 Å². The minimum atomic E-state index is -1.05. The van der Waals surface area contributed by atoms with Gasteiger partial charge in [0.05, 0.1) is 17.7 Å². The predicted octanol–water partition coefficient (Wildman–Crippen LogP) is -0.237.